The lowest BCUT2D eigenvalue weighted by Crippen LogP contribution is -2.27. The minimum atomic E-state index is -3.38. The van der Waals surface area contributed by atoms with Crippen LogP contribution in [0.2, 0.25) is 0 Å². The zero-order valence-corrected chi connectivity index (χ0v) is 15.0. The van der Waals surface area contributed by atoms with E-state index >= 15 is 0 Å². The molecule has 1 rings (SSSR count). The van der Waals surface area contributed by atoms with Gasteiger partial charge >= 0.3 is 0 Å². The van der Waals surface area contributed by atoms with Gasteiger partial charge in [-0.05, 0) is 53.0 Å². The summed E-state index contributed by atoms with van der Waals surface area (Å²) in [6.45, 7) is 7.00. The molecule has 7 heteroatoms. The number of thiophene rings is 1. The number of nitrogens with zero attached hydrogens (tertiary/aromatic N) is 1. The van der Waals surface area contributed by atoms with E-state index in [9.17, 15) is 8.42 Å². The highest BCUT2D eigenvalue weighted by molar-refractivity contribution is 7.89. The van der Waals surface area contributed by atoms with Crippen molar-refractivity contribution in [3.63, 3.8) is 0 Å². The first-order valence-electron chi connectivity index (χ1n) is 7.31. The highest BCUT2D eigenvalue weighted by atomic mass is 32.2. The van der Waals surface area contributed by atoms with Gasteiger partial charge in [0.2, 0.25) is 10.0 Å². The van der Waals surface area contributed by atoms with E-state index in [-0.39, 0.29) is 0 Å². The Morgan fingerprint density at radius 3 is 2.62 bits per heavy atom. The van der Waals surface area contributed by atoms with Crippen LogP contribution in [0.25, 0.3) is 0 Å². The zero-order valence-electron chi connectivity index (χ0n) is 13.4. The Morgan fingerprint density at radius 2 is 2.00 bits per heavy atom. The van der Waals surface area contributed by atoms with E-state index in [4.69, 9.17) is 0 Å². The number of rotatable bonds is 10. The molecule has 0 aliphatic heterocycles. The maximum atomic E-state index is 12.3. The summed E-state index contributed by atoms with van der Waals surface area (Å²) in [5.41, 5.74) is 0. The van der Waals surface area contributed by atoms with Crippen molar-refractivity contribution in [3.8, 4) is 0 Å². The molecule has 0 spiro atoms. The summed E-state index contributed by atoms with van der Waals surface area (Å²) in [5, 5.41) is 3.30. The van der Waals surface area contributed by atoms with Gasteiger partial charge in [-0.3, -0.25) is 0 Å². The molecule has 1 aromatic heterocycles. The van der Waals surface area contributed by atoms with Gasteiger partial charge in [0.15, 0.2) is 0 Å². The standard InChI is InChI=1S/C14H27N3O2S2/c1-5-7-15-11-13-10-14(12(2)20-13)21(18,19)16-8-6-9-17(3)4/h10,15-16H,5-9,11H2,1-4H3. The van der Waals surface area contributed by atoms with Crippen LogP contribution in [0.5, 0.6) is 0 Å². The monoisotopic (exact) mass is 333 g/mol. The molecule has 0 aliphatic carbocycles. The fourth-order valence-electron chi connectivity index (χ4n) is 1.95. The summed E-state index contributed by atoms with van der Waals surface area (Å²) in [6, 6.07) is 1.79. The lowest BCUT2D eigenvalue weighted by molar-refractivity contribution is 0.400. The topological polar surface area (TPSA) is 61.4 Å². The van der Waals surface area contributed by atoms with Crippen LogP contribution in [0, 0.1) is 6.92 Å². The predicted molar refractivity (Wildman–Crippen MR) is 89.4 cm³/mol. The molecule has 0 atom stereocenters. The van der Waals surface area contributed by atoms with E-state index in [1.807, 2.05) is 25.9 Å². The maximum Gasteiger partial charge on any atom is 0.241 e. The molecule has 0 aromatic carbocycles. The first kappa shape index (κ1) is 18.6. The average molecular weight is 334 g/mol. The summed E-state index contributed by atoms with van der Waals surface area (Å²) in [7, 11) is 0.574. The van der Waals surface area contributed by atoms with Gasteiger partial charge in [-0.25, -0.2) is 13.1 Å². The Balaban J connectivity index is 2.61. The van der Waals surface area contributed by atoms with E-state index in [1.54, 1.807) is 17.4 Å². The highest BCUT2D eigenvalue weighted by Gasteiger charge is 2.19. The van der Waals surface area contributed by atoms with Gasteiger partial charge < -0.3 is 10.2 Å². The van der Waals surface area contributed by atoms with Crippen molar-refractivity contribution >= 4 is 21.4 Å². The molecule has 0 saturated heterocycles. The van der Waals surface area contributed by atoms with Crippen LogP contribution in [0.4, 0.5) is 0 Å². The fourth-order valence-corrected chi connectivity index (χ4v) is 4.62. The Labute approximate surface area is 132 Å². The number of nitrogens with one attached hydrogen (secondary N) is 2. The summed E-state index contributed by atoms with van der Waals surface area (Å²) >= 11 is 1.55. The largest absolute Gasteiger partial charge is 0.312 e. The third-order valence-corrected chi connectivity index (χ3v) is 5.78. The van der Waals surface area contributed by atoms with Crippen molar-refractivity contribution in [2.45, 2.75) is 38.1 Å². The summed E-state index contributed by atoms with van der Waals surface area (Å²) in [6.07, 6.45) is 1.88. The first-order chi connectivity index (χ1) is 9.86. The van der Waals surface area contributed by atoms with Crippen molar-refractivity contribution in [2.24, 2.45) is 0 Å². The van der Waals surface area contributed by atoms with Gasteiger partial charge in [0.05, 0.1) is 4.90 Å². The SMILES string of the molecule is CCCNCc1cc(S(=O)(=O)NCCCN(C)C)c(C)s1. The lowest BCUT2D eigenvalue weighted by Gasteiger charge is -2.10. The van der Waals surface area contributed by atoms with Crippen molar-refractivity contribution in [3.05, 3.63) is 15.8 Å². The number of hydrogen-bond donors (Lipinski definition) is 2. The molecule has 0 bridgehead atoms. The molecule has 21 heavy (non-hydrogen) atoms. The minimum absolute atomic E-state index is 0.422. The Kier molecular flexibility index (Phi) is 7.83. The summed E-state index contributed by atoms with van der Waals surface area (Å²) in [5.74, 6) is 0. The van der Waals surface area contributed by atoms with Crippen LogP contribution in [0.1, 0.15) is 29.5 Å². The molecule has 0 radical (unpaired) electrons. The fraction of sp³-hybridized carbons (Fsp3) is 0.714. The number of sulfonamides is 1. The van der Waals surface area contributed by atoms with E-state index in [1.165, 1.54) is 0 Å². The van der Waals surface area contributed by atoms with E-state index in [2.05, 4.69) is 17.0 Å². The number of aryl methyl sites for hydroxylation is 1. The molecule has 122 valence electrons. The van der Waals surface area contributed by atoms with Crippen molar-refractivity contribution in [1.82, 2.24) is 14.9 Å². The second-order valence-electron chi connectivity index (χ2n) is 5.36. The van der Waals surface area contributed by atoms with Gasteiger partial charge in [0.1, 0.15) is 0 Å². The molecule has 0 amide bonds. The maximum absolute atomic E-state index is 12.3. The molecule has 0 aliphatic rings. The van der Waals surface area contributed by atoms with Crippen LogP contribution in [-0.4, -0.2) is 47.0 Å². The van der Waals surface area contributed by atoms with Gasteiger partial charge in [-0.15, -0.1) is 11.3 Å². The molecule has 1 heterocycles. The molecule has 0 saturated carbocycles. The predicted octanol–water partition coefficient (Wildman–Crippen LogP) is 1.79. The quantitative estimate of drug-likeness (QED) is 0.641. The van der Waals surface area contributed by atoms with Crippen LogP contribution >= 0.6 is 11.3 Å². The van der Waals surface area contributed by atoms with Crippen LogP contribution in [0.15, 0.2) is 11.0 Å². The van der Waals surface area contributed by atoms with Gasteiger partial charge in [0.25, 0.3) is 0 Å². The van der Waals surface area contributed by atoms with Crippen molar-refractivity contribution in [1.29, 1.82) is 0 Å². The summed E-state index contributed by atoms with van der Waals surface area (Å²) in [4.78, 5) is 4.38. The highest BCUT2D eigenvalue weighted by Crippen LogP contribution is 2.25. The molecule has 0 unspecified atom stereocenters. The average Bonchev–Trinajstić information content (AvgIpc) is 2.77. The van der Waals surface area contributed by atoms with Crippen molar-refractivity contribution < 1.29 is 8.42 Å². The zero-order chi connectivity index (χ0) is 15.9. The van der Waals surface area contributed by atoms with Crippen LogP contribution in [0.3, 0.4) is 0 Å². The lowest BCUT2D eigenvalue weighted by atomic mass is 10.4. The Hall–Kier alpha value is -0.470. The molecule has 0 fully saturated rings. The van der Waals surface area contributed by atoms with E-state index in [0.29, 0.717) is 11.4 Å². The molecular formula is C14H27N3O2S2. The van der Waals surface area contributed by atoms with Gasteiger partial charge in [0, 0.05) is 22.8 Å². The molecule has 1 aromatic rings. The van der Waals surface area contributed by atoms with E-state index < -0.39 is 10.0 Å². The van der Waals surface area contributed by atoms with Crippen LogP contribution in [-0.2, 0) is 16.6 Å². The van der Waals surface area contributed by atoms with Gasteiger partial charge in [-0.2, -0.15) is 0 Å². The third kappa shape index (κ3) is 6.44. The van der Waals surface area contributed by atoms with Crippen molar-refractivity contribution in [2.75, 3.05) is 33.7 Å². The smallest absolute Gasteiger partial charge is 0.241 e. The Morgan fingerprint density at radius 1 is 1.29 bits per heavy atom. The summed E-state index contributed by atoms with van der Waals surface area (Å²) < 4.78 is 27.3. The molecule has 2 N–H and O–H groups in total. The Bertz CT molecular complexity index is 524. The minimum Gasteiger partial charge on any atom is -0.312 e. The second kappa shape index (κ2) is 8.85. The first-order valence-corrected chi connectivity index (χ1v) is 9.61. The normalized spacial score (nSPS) is 12.2. The number of hydrogen-bond acceptors (Lipinski definition) is 5. The second-order valence-corrected chi connectivity index (χ2v) is 8.44. The molecular weight excluding hydrogens is 306 g/mol. The molecule has 5 nitrogen and oxygen atoms in total. The van der Waals surface area contributed by atoms with Crippen LogP contribution < -0.4 is 10.0 Å². The van der Waals surface area contributed by atoms with E-state index in [0.717, 1.165) is 42.2 Å². The third-order valence-electron chi connectivity index (χ3n) is 3.01. The van der Waals surface area contributed by atoms with Gasteiger partial charge in [-0.1, -0.05) is 6.92 Å².